The van der Waals surface area contributed by atoms with Crippen molar-refractivity contribution < 1.29 is 51.3 Å². The van der Waals surface area contributed by atoms with Gasteiger partial charge in [-0.25, -0.2) is 4.79 Å². The van der Waals surface area contributed by atoms with Gasteiger partial charge in [0.05, 0.1) is 44.9 Å². The Morgan fingerprint density at radius 2 is 1.09 bits per heavy atom. The zero-order chi connectivity index (χ0) is 26.2. The summed E-state index contributed by atoms with van der Waals surface area (Å²) in [5.74, 6) is -2.42. The van der Waals surface area contributed by atoms with Gasteiger partial charge in [-0.15, -0.1) is 0 Å². The minimum atomic E-state index is -3.45. The van der Waals surface area contributed by atoms with Gasteiger partial charge in [0.2, 0.25) is 0 Å². The van der Waals surface area contributed by atoms with Crippen molar-refractivity contribution in [1.82, 2.24) is 0 Å². The lowest BCUT2D eigenvalue weighted by Crippen LogP contribution is -2.24. The van der Waals surface area contributed by atoms with Crippen LogP contribution in [0.4, 0.5) is 0 Å². The quantitative estimate of drug-likeness (QED) is 0.178. The van der Waals surface area contributed by atoms with Crippen LogP contribution < -0.4 is 0 Å². The van der Waals surface area contributed by atoms with Gasteiger partial charge in [-0.3, -0.25) is 23.2 Å². The smallest absolute Gasteiger partial charge is 0.335 e. The highest BCUT2D eigenvalue weighted by atomic mass is 35.7. The van der Waals surface area contributed by atoms with Crippen molar-refractivity contribution in [1.29, 1.82) is 0 Å². The Balaban J connectivity index is 0. The van der Waals surface area contributed by atoms with Gasteiger partial charge in [0.15, 0.2) is 6.10 Å². The molecule has 0 saturated heterocycles. The summed E-state index contributed by atoms with van der Waals surface area (Å²) in [6.07, 6.45) is -0.997. The highest BCUT2D eigenvalue weighted by Crippen LogP contribution is 2.48. The summed E-state index contributed by atoms with van der Waals surface area (Å²) >= 11 is 5.34. The minimum absolute atomic E-state index is 0.0239. The van der Waals surface area contributed by atoms with E-state index in [-0.39, 0.29) is 32.4 Å². The second kappa shape index (κ2) is 17.5. The number of hydrogen-bond acceptors (Lipinski definition) is 11. The first-order chi connectivity index (χ1) is 15.1. The Bertz CT molecular complexity index is 695. The third-order valence-electron chi connectivity index (χ3n) is 3.46. The van der Waals surface area contributed by atoms with E-state index in [9.17, 15) is 23.5 Å². The molecule has 0 amide bonds. The molecule has 0 N–H and O–H groups in total. The molecular formula is C19H37ClO11P2. The predicted molar refractivity (Wildman–Crippen MR) is 124 cm³/mol. The van der Waals surface area contributed by atoms with Crippen LogP contribution in [-0.2, 0) is 51.3 Å². The van der Waals surface area contributed by atoms with Crippen LogP contribution in [0.5, 0.6) is 0 Å². The summed E-state index contributed by atoms with van der Waals surface area (Å²) in [6, 6.07) is 0. The number of carbonyl (C=O) groups excluding carboxylic acids is 3. The second-order valence-electron chi connectivity index (χ2n) is 6.92. The summed E-state index contributed by atoms with van der Waals surface area (Å²) in [5.41, 5.74) is 0. The molecule has 0 radical (unpaired) electrons. The van der Waals surface area contributed by atoms with Crippen molar-refractivity contribution in [3.63, 3.8) is 0 Å². The summed E-state index contributed by atoms with van der Waals surface area (Å²) in [5, 5.41) is 0. The molecule has 0 saturated carbocycles. The van der Waals surface area contributed by atoms with Gasteiger partial charge in [-0.05, 0) is 52.8 Å². The molecule has 0 spiro atoms. The van der Waals surface area contributed by atoms with E-state index in [4.69, 9.17) is 39.0 Å². The Hall–Kier alpha value is -0.960. The van der Waals surface area contributed by atoms with Gasteiger partial charge in [0.1, 0.15) is 0 Å². The maximum atomic E-state index is 12.0. The zero-order valence-electron chi connectivity index (χ0n) is 20.5. The van der Waals surface area contributed by atoms with Crippen molar-refractivity contribution in [2.24, 2.45) is 11.8 Å². The zero-order valence-corrected chi connectivity index (χ0v) is 23.1. The molecule has 0 aliphatic heterocycles. The van der Waals surface area contributed by atoms with Gasteiger partial charge in [0, 0.05) is 13.3 Å². The highest BCUT2D eigenvalue weighted by molar-refractivity contribution is 7.84. The normalized spacial score (nSPS) is 17.1. The van der Waals surface area contributed by atoms with Crippen LogP contribution in [0.15, 0.2) is 0 Å². The van der Waals surface area contributed by atoms with Gasteiger partial charge < -0.3 is 23.3 Å². The topological polar surface area (TPSA) is 141 Å². The number of ether oxygens (including phenoxy) is 3. The maximum absolute atomic E-state index is 12.0. The molecule has 11 nitrogen and oxygen atoms in total. The second-order valence-corrected chi connectivity index (χ2v) is 12.5. The molecule has 0 fully saturated rings. The molecule has 0 aliphatic rings. The molecule has 196 valence electrons. The summed E-state index contributed by atoms with van der Waals surface area (Å²) in [6.45, 7) is 9.94. The lowest BCUT2D eigenvalue weighted by molar-refractivity contribution is -0.152. The maximum Gasteiger partial charge on any atom is 0.335 e. The third-order valence-corrected chi connectivity index (χ3v) is 5.68. The van der Waals surface area contributed by atoms with Crippen molar-refractivity contribution in [3.05, 3.63) is 0 Å². The van der Waals surface area contributed by atoms with E-state index in [1.54, 1.807) is 34.6 Å². The van der Waals surface area contributed by atoms with Gasteiger partial charge in [0.25, 0.3) is 6.72 Å². The average molecular weight is 539 g/mol. The number of halogens is 1. The molecule has 14 heteroatoms. The minimum Gasteiger partial charge on any atom is -0.466 e. The monoisotopic (exact) mass is 538 g/mol. The Labute approximate surface area is 200 Å². The number of carbonyl (C=O) groups is 3. The van der Waals surface area contributed by atoms with E-state index in [2.05, 4.69) is 0 Å². The Morgan fingerprint density at radius 1 is 0.727 bits per heavy atom. The molecule has 0 aromatic rings. The largest absolute Gasteiger partial charge is 0.466 e. The van der Waals surface area contributed by atoms with E-state index in [1.165, 1.54) is 20.3 Å². The van der Waals surface area contributed by atoms with Crippen LogP contribution in [0.3, 0.4) is 0 Å². The van der Waals surface area contributed by atoms with E-state index in [1.807, 2.05) is 0 Å². The van der Waals surface area contributed by atoms with Crippen LogP contribution in [0.2, 0.25) is 0 Å². The predicted octanol–water partition coefficient (Wildman–Crippen LogP) is 4.26. The lowest BCUT2D eigenvalue weighted by Gasteiger charge is -2.19. The van der Waals surface area contributed by atoms with E-state index < -0.39 is 44.2 Å². The molecule has 0 heterocycles. The van der Waals surface area contributed by atoms with Gasteiger partial charge >= 0.3 is 25.5 Å². The molecule has 5 atom stereocenters. The fraction of sp³-hybridized carbons (Fsp3) is 0.842. The first kappa shape index (κ1) is 34.2. The highest BCUT2D eigenvalue weighted by Gasteiger charge is 2.28. The number of hydrogen-bond donors (Lipinski definition) is 0. The fourth-order valence-electron chi connectivity index (χ4n) is 1.82. The lowest BCUT2D eigenvalue weighted by atomic mass is 10.2. The van der Waals surface area contributed by atoms with Gasteiger partial charge in [-0.1, -0.05) is 0 Å². The van der Waals surface area contributed by atoms with E-state index in [0.717, 1.165) is 0 Å². The van der Waals surface area contributed by atoms with Crippen molar-refractivity contribution in [2.75, 3.05) is 46.4 Å². The summed E-state index contributed by atoms with van der Waals surface area (Å²) in [4.78, 5) is 33.7. The third kappa shape index (κ3) is 19.1. The Morgan fingerprint density at radius 3 is 1.45 bits per heavy atom. The molecular weight excluding hydrogens is 502 g/mol. The molecule has 5 unspecified atom stereocenters. The molecule has 0 aromatic heterocycles. The average Bonchev–Trinajstić information content (AvgIpc) is 2.70. The first-order valence-electron chi connectivity index (χ1n) is 10.4. The number of rotatable bonds is 14. The SMILES string of the molecule is CCOC(=O)C(C)COP(C)(=O)Cl.CCOC(=O)C(C)COP(C)(=O)OC(C)C(=O)OCC. The van der Waals surface area contributed by atoms with Crippen molar-refractivity contribution >= 4 is 43.5 Å². The summed E-state index contributed by atoms with van der Waals surface area (Å²) in [7, 11) is -3.45. The van der Waals surface area contributed by atoms with Crippen molar-refractivity contribution in [3.8, 4) is 0 Å². The molecule has 0 aliphatic carbocycles. The standard InChI is InChI=1S/C12H23O7P.C7H14ClO4P/c1-6-16-11(13)9(3)8-18-20(5,15)19-10(4)12(14)17-7-2;1-4-11-7(9)6(2)5-12-13(3,8)10/h9-10H,6-8H2,1-5H3;6H,4-5H2,1-3H3. The van der Waals surface area contributed by atoms with Gasteiger partial charge in [-0.2, -0.15) is 0 Å². The summed E-state index contributed by atoms with van der Waals surface area (Å²) < 4.78 is 52.1. The first-order valence-corrected chi connectivity index (χ1v) is 15.4. The van der Waals surface area contributed by atoms with Crippen LogP contribution in [0.25, 0.3) is 0 Å². The van der Waals surface area contributed by atoms with Crippen LogP contribution >= 0.6 is 25.6 Å². The van der Waals surface area contributed by atoms with Crippen LogP contribution in [0.1, 0.15) is 41.5 Å². The fourth-order valence-corrected chi connectivity index (χ4v) is 3.69. The Kier molecular flexibility index (Phi) is 18.1. The molecule has 0 bridgehead atoms. The van der Waals surface area contributed by atoms with Crippen LogP contribution in [-0.4, -0.2) is 70.4 Å². The van der Waals surface area contributed by atoms with E-state index in [0.29, 0.717) is 6.61 Å². The molecule has 0 aromatic carbocycles. The number of esters is 3. The molecule has 33 heavy (non-hydrogen) atoms. The molecule has 0 rings (SSSR count). The van der Waals surface area contributed by atoms with Crippen LogP contribution in [0, 0.1) is 11.8 Å². The van der Waals surface area contributed by atoms with Crippen molar-refractivity contribution in [2.45, 2.75) is 47.6 Å². The van der Waals surface area contributed by atoms with E-state index >= 15 is 0 Å².